The van der Waals surface area contributed by atoms with E-state index >= 15 is 0 Å². The van der Waals surface area contributed by atoms with Gasteiger partial charge < -0.3 is 19.7 Å². The fourth-order valence-corrected chi connectivity index (χ4v) is 4.73. The smallest absolute Gasteiger partial charge is 0.254 e. The van der Waals surface area contributed by atoms with Crippen molar-refractivity contribution in [3.8, 4) is 11.5 Å². The maximum atomic E-state index is 13.5. The van der Waals surface area contributed by atoms with E-state index in [2.05, 4.69) is 25.2 Å². The van der Waals surface area contributed by atoms with Gasteiger partial charge in [0.1, 0.15) is 0 Å². The minimum absolute atomic E-state index is 0.0617. The Bertz CT molecular complexity index is 1000. The molecule has 0 aliphatic carbocycles. The molecule has 2 aliphatic heterocycles. The summed E-state index contributed by atoms with van der Waals surface area (Å²) in [4.78, 5) is 28.9. The summed E-state index contributed by atoms with van der Waals surface area (Å²) in [6.07, 6.45) is 1.68. The van der Waals surface area contributed by atoms with Crippen molar-refractivity contribution in [2.45, 2.75) is 38.6 Å². The van der Waals surface area contributed by atoms with Gasteiger partial charge in [-0.2, -0.15) is 0 Å². The highest BCUT2D eigenvalue weighted by Gasteiger charge is 2.46. The zero-order chi connectivity index (χ0) is 22.1. The van der Waals surface area contributed by atoms with Crippen LogP contribution >= 0.6 is 0 Å². The molecule has 164 valence electrons. The molecule has 6 heteroatoms. The normalized spacial score (nSPS) is 19.4. The lowest BCUT2D eigenvalue weighted by Crippen LogP contribution is -2.50. The first kappa shape index (κ1) is 21.2. The summed E-state index contributed by atoms with van der Waals surface area (Å²) in [6.45, 7) is 5.47. The van der Waals surface area contributed by atoms with Crippen molar-refractivity contribution in [1.29, 1.82) is 0 Å². The zero-order valence-corrected chi connectivity index (χ0v) is 18.6. The first-order valence-electron chi connectivity index (χ1n) is 10.9. The highest BCUT2D eigenvalue weighted by Crippen LogP contribution is 2.48. The van der Waals surface area contributed by atoms with Gasteiger partial charge in [-0.3, -0.25) is 9.59 Å². The minimum Gasteiger partial charge on any atom is -0.493 e. The monoisotopic (exact) mass is 422 g/mol. The number of carbonyl (C=O) groups is 2. The molecular formula is C25H30N2O4. The number of hydrogen-bond donors (Lipinski definition) is 1. The summed E-state index contributed by atoms with van der Waals surface area (Å²) < 4.78 is 10.9. The van der Waals surface area contributed by atoms with Gasteiger partial charge in [0.15, 0.2) is 11.5 Å². The van der Waals surface area contributed by atoms with Crippen LogP contribution in [-0.4, -0.2) is 44.0 Å². The van der Waals surface area contributed by atoms with E-state index in [1.54, 1.807) is 26.4 Å². The Hall–Kier alpha value is -3.02. The third-order valence-electron chi connectivity index (χ3n) is 6.33. The van der Waals surface area contributed by atoms with Gasteiger partial charge in [0.2, 0.25) is 5.91 Å². The average Bonchev–Trinajstić information content (AvgIpc) is 2.78. The molecule has 1 N–H and O–H groups in total. The van der Waals surface area contributed by atoms with Crippen molar-refractivity contribution in [2.75, 3.05) is 27.3 Å². The van der Waals surface area contributed by atoms with E-state index in [0.717, 1.165) is 18.4 Å². The Morgan fingerprint density at radius 2 is 1.84 bits per heavy atom. The van der Waals surface area contributed by atoms with E-state index in [0.29, 0.717) is 41.6 Å². The second-order valence-electron chi connectivity index (χ2n) is 8.64. The Morgan fingerprint density at radius 3 is 2.55 bits per heavy atom. The molecule has 0 bridgehead atoms. The fourth-order valence-electron chi connectivity index (χ4n) is 4.73. The predicted molar refractivity (Wildman–Crippen MR) is 119 cm³/mol. The van der Waals surface area contributed by atoms with Gasteiger partial charge in [-0.05, 0) is 47.6 Å². The van der Waals surface area contributed by atoms with Crippen molar-refractivity contribution in [2.24, 2.45) is 5.92 Å². The second-order valence-corrected chi connectivity index (χ2v) is 8.64. The van der Waals surface area contributed by atoms with E-state index in [1.807, 2.05) is 23.1 Å². The van der Waals surface area contributed by atoms with Crippen LogP contribution in [0.4, 0.5) is 0 Å². The molecule has 0 radical (unpaired) electrons. The minimum atomic E-state index is -0.513. The van der Waals surface area contributed by atoms with Crippen LogP contribution in [0.1, 0.15) is 59.3 Å². The number of nitrogens with one attached hydrogen (secondary N) is 1. The molecule has 6 nitrogen and oxygen atoms in total. The third-order valence-corrected chi connectivity index (χ3v) is 6.33. The maximum absolute atomic E-state index is 13.5. The highest BCUT2D eigenvalue weighted by atomic mass is 16.5. The molecule has 2 heterocycles. The van der Waals surface area contributed by atoms with Crippen LogP contribution < -0.4 is 14.8 Å². The molecule has 0 saturated heterocycles. The molecular weight excluding hydrogens is 392 g/mol. The Morgan fingerprint density at radius 1 is 1.13 bits per heavy atom. The van der Waals surface area contributed by atoms with Gasteiger partial charge in [-0.1, -0.05) is 38.1 Å². The van der Waals surface area contributed by atoms with Gasteiger partial charge in [0.05, 0.1) is 26.2 Å². The summed E-state index contributed by atoms with van der Waals surface area (Å²) in [7, 11) is 3.11. The Balaban J connectivity index is 1.84. The molecule has 2 aromatic rings. The van der Waals surface area contributed by atoms with E-state index in [1.165, 1.54) is 5.56 Å². The molecule has 0 saturated carbocycles. The molecule has 0 fully saturated rings. The number of ether oxygens (including phenoxy) is 2. The van der Waals surface area contributed by atoms with Crippen LogP contribution in [0, 0.1) is 5.92 Å². The molecule has 2 aliphatic rings. The Kier molecular flexibility index (Phi) is 5.90. The average molecular weight is 423 g/mol. The van der Waals surface area contributed by atoms with Crippen LogP contribution in [0.15, 0.2) is 36.4 Å². The number of nitrogens with zero attached hydrogens (tertiary/aromatic N) is 1. The summed E-state index contributed by atoms with van der Waals surface area (Å²) >= 11 is 0. The lowest BCUT2D eigenvalue weighted by molar-refractivity contribution is -0.124. The quantitative estimate of drug-likeness (QED) is 0.771. The van der Waals surface area contributed by atoms with Crippen molar-refractivity contribution < 1.29 is 19.1 Å². The van der Waals surface area contributed by atoms with Gasteiger partial charge in [0, 0.05) is 18.7 Å². The highest BCUT2D eigenvalue weighted by molar-refractivity contribution is 6.02. The van der Waals surface area contributed by atoms with Crippen LogP contribution in [0.3, 0.4) is 0 Å². The summed E-state index contributed by atoms with van der Waals surface area (Å²) in [6, 6.07) is 11.3. The molecule has 4 rings (SSSR count). The number of hydrogen-bond acceptors (Lipinski definition) is 4. The van der Waals surface area contributed by atoms with E-state index in [4.69, 9.17) is 9.47 Å². The molecule has 2 amide bonds. The SMILES string of the molecule is COc1cc2c(cc1OC)[C@H](C(=O)NCCC(C)C)[C@H]1c3ccccc3CCN1C2=O. The summed E-state index contributed by atoms with van der Waals surface area (Å²) in [5.74, 6) is 0.865. The molecule has 0 aromatic heterocycles. The van der Waals surface area contributed by atoms with Gasteiger partial charge in [0.25, 0.3) is 5.91 Å². The van der Waals surface area contributed by atoms with Gasteiger partial charge in [-0.15, -0.1) is 0 Å². The van der Waals surface area contributed by atoms with Gasteiger partial charge >= 0.3 is 0 Å². The number of amides is 2. The molecule has 2 atom stereocenters. The second kappa shape index (κ2) is 8.61. The molecule has 0 unspecified atom stereocenters. The number of benzene rings is 2. The fraction of sp³-hybridized carbons (Fsp3) is 0.440. The van der Waals surface area contributed by atoms with E-state index in [9.17, 15) is 9.59 Å². The maximum Gasteiger partial charge on any atom is 0.254 e. The van der Waals surface area contributed by atoms with Crippen molar-refractivity contribution in [3.63, 3.8) is 0 Å². The number of fused-ring (bicyclic) bond motifs is 4. The molecule has 31 heavy (non-hydrogen) atoms. The van der Waals surface area contributed by atoms with E-state index in [-0.39, 0.29) is 17.9 Å². The van der Waals surface area contributed by atoms with Crippen LogP contribution in [0.25, 0.3) is 0 Å². The van der Waals surface area contributed by atoms with Crippen LogP contribution in [0.5, 0.6) is 11.5 Å². The largest absolute Gasteiger partial charge is 0.493 e. The van der Waals surface area contributed by atoms with E-state index < -0.39 is 5.92 Å². The third kappa shape index (κ3) is 3.75. The standard InChI is InChI=1S/C25H30N2O4/c1-15(2)9-11-26-24(28)22-18-13-20(30-3)21(31-4)14-19(18)25(29)27-12-10-16-7-5-6-8-17(16)23(22)27/h5-8,13-15,22-23H,9-12H2,1-4H3,(H,26,28)/t22-,23+/m0/s1. The number of rotatable bonds is 6. The zero-order valence-electron chi connectivity index (χ0n) is 18.6. The van der Waals surface area contributed by atoms with Crippen molar-refractivity contribution in [1.82, 2.24) is 10.2 Å². The van der Waals surface area contributed by atoms with Crippen molar-refractivity contribution >= 4 is 11.8 Å². The molecule has 2 aromatic carbocycles. The van der Waals surface area contributed by atoms with Crippen molar-refractivity contribution in [3.05, 3.63) is 58.7 Å². The van der Waals surface area contributed by atoms with Crippen LogP contribution in [-0.2, 0) is 11.2 Å². The van der Waals surface area contributed by atoms with Crippen LogP contribution in [0.2, 0.25) is 0 Å². The predicted octanol–water partition coefficient (Wildman–Crippen LogP) is 3.70. The Labute approximate surface area is 183 Å². The number of methoxy groups -OCH3 is 2. The molecule has 0 spiro atoms. The van der Waals surface area contributed by atoms with Gasteiger partial charge in [-0.25, -0.2) is 0 Å². The lowest BCUT2D eigenvalue weighted by atomic mass is 9.75. The first-order chi connectivity index (χ1) is 15.0. The topological polar surface area (TPSA) is 67.9 Å². The summed E-state index contributed by atoms with van der Waals surface area (Å²) in [5.41, 5.74) is 3.45. The number of carbonyl (C=O) groups excluding carboxylic acids is 2. The first-order valence-corrected chi connectivity index (χ1v) is 10.9. The lowest BCUT2D eigenvalue weighted by Gasteiger charge is -2.45. The summed E-state index contributed by atoms with van der Waals surface area (Å²) in [5, 5.41) is 3.12.